The summed E-state index contributed by atoms with van der Waals surface area (Å²) < 4.78 is 27.1. The fourth-order valence-electron chi connectivity index (χ4n) is 1.99. The first-order valence-corrected chi connectivity index (χ1v) is 7.51. The molecule has 25 heavy (non-hydrogen) atoms. The van der Waals surface area contributed by atoms with Crippen LogP contribution in [0.15, 0.2) is 54.9 Å². The van der Waals surface area contributed by atoms with Crippen molar-refractivity contribution in [1.29, 1.82) is 0 Å². The highest BCUT2D eigenvalue weighted by Crippen LogP contribution is 2.19. The minimum Gasteiger partial charge on any atom is -0.339 e. The van der Waals surface area contributed by atoms with Gasteiger partial charge in [0.2, 0.25) is 0 Å². The highest BCUT2D eigenvalue weighted by molar-refractivity contribution is 6.30. The van der Waals surface area contributed by atoms with Crippen molar-refractivity contribution in [3.05, 3.63) is 77.2 Å². The Kier molecular flexibility index (Phi) is 4.85. The minimum atomic E-state index is -0.873. The summed E-state index contributed by atoms with van der Waals surface area (Å²) in [7, 11) is 0. The normalized spacial score (nSPS) is 10.4. The number of anilines is 3. The molecule has 5 nitrogen and oxygen atoms in total. The Labute approximate surface area is 146 Å². The van der Waals surface area contributed by atoms with E-state index in [1.165, 1.54) is 18.5 Å². The number of halogens is 3. The summed E-state index contributed by atoms with van der Waals surface area (Å²) in [4.78, 5) is 20.0. The number of carbonyl (C=O) groups is 1. The Bertz CT molecular complexity index is 881. The fraction of sp³-hybridized carbons (Fsp3) is 0. The van der Waals surface area contributed by atoms with E-state index in [0.717, 1.165) is 17.8 Å². The van der Waals surface area contributed by atoms with Gasteiger partial charge in [0.1, 0.15) is 28.8 Å². The van der Waals surface area contributed by atoms with Crippen molar-refractivity contribution in [3.63, 3.8) is 0 Å². The van der Waals surface area contributed by atoms with Crippen molar-refractivity contribution in [2.45, 2.75) is 0 Å². The van der Waals surface area contributed by atoms with Gasteiger partial charge in [-0.2, -0.15) is 0 Å². The smallest absolute Gasteiger partial charge is 0.276 e. The number of nitrogens with zero attached hydrogens (tertiary/aromatic N) is 2. The molecule has 0 aliphatic carbocycles. The zero-order chi connectivity index (χ0) is 17.8. The van der Waals surface area contributed by atoms with E-state index < -0.39 is 23.2 Å². The summed E-state index contributed by atoms with van der Waals surface area (Å²) >= 11 is 5.81. The third-order valence-corrected chi connectivity index (χ3v) is 3.45. The van der Waals surface area contributed by atoms with Crippen LogP contribution in [0.5, 0.6) is 0 Å². The second kappa shape index (κ2) is 7.23. The number of amides is 1. The summed E-state index contributed by atoms with van der Waals surface area (Å²) in [6.45, 7) is 0. The number of aromatic nitrogens is 2. The van der Waals surface area contributed by atoms with Crippen LogP contribution in [0.1, 0.15) is 10.5 Å². The van der Waals surface area contributed by atoms with Crippen molar-refractivity contribution in [3.8, 4) is 0 Å². The molecule has 0 fully saturated rings. The first kappa shape index (κ1) is 16.8. The predicted octanol–water partition coefficient (Wildman–Crippen LogP) is 4.40. The molecule has 1 aromatic heterocycles. The SMILES string of the molecule is O=C(Nc1c(F)cccc1F)c1cnc(Nc2ccc(Cl)cc2)cn1. The fourth-order valence-corrected chi connectivity index (χ4v) is 2.11. The average Bonchev–Trinajstić information content (AvgIpc) is 2.61. The first-order chi connectivity index (χ1) is 12.0. The van der Waals surface area contributed by atoms with Crippen LogP contribution in [0.3, 0.4) is 0 Å². The van der Waals surface area contributed by atoms with Crippen molar-refractivity contribution < 1.29 is 13.6 Å². The summed E-state index contributed by atoms with van der Waals surface area (Å²) in [6, 6.07) is 10.2. The number of rotatable bonds is 4. The van der Waals surface area contributed by atoms with Gasteiger partial charge in [0.25, 0.3) is 5.91 Å². The number of hydrogen-bond acceptors (Lipinski definition) is 4. The van der Waals surface area contributed by atoms with Gasteiger partial charge < -0.3 is 10.6 Å². The third kappa shape index (κ3) is 4.07. The van der Waals surface area contributed by atoms with Gasteiger partial charge in [0, 0.05) is 10.7 Å². The van der Waals surface area contributed by atoms with E-state index in [2.05, 4.69) is 20.6 Å². The number of carbonyl (C=O) groups excluding carboxylic acids is 1. The van der Waals surface area contributed by atoms with E-state index in [1.807, 2.05) is 0 Å². The maximum absolute atomic E-state index is 13.6. The molecule has 1 amide bonds. The molecule has 0 radical (unpaired) electrons. The highest BCUT2D eigenvalue weighted by atomic mass is 35.5. The third-order valence-electron chi connectivity index (χ3n) is 3.20. The van der Waals surface area contributed by atoms with Crippen LogP contribution < -0.4 is 10.6 Å². The van der Waals surface area contributed by atoms with E-state index in [1.54, 1.807) is 24.3 Å². The minimum absolute atomic E-state index is 0.0793. The van der Waals surface area contributed by atoms with Gasteiger partial charge >= 0.3 is 0 Å². The Morgan fingerprint density at radius 3 is 2.24 bits per heavy atom. The van der Waals surface area contributed by atoms with Crippen molar-refractivity contribution in [2.24, 2.45) is 0 Å². The summed E-state index contributed by atoms with van der Waals surface area (Å²) in [6.07, 6.45) is 2.54. The molecule has 2 aromatic carbocycles. The molecule has 0 aliphatic heterocycles. The molecular weight excluding hydrogens is 350 g/mol. The molecule has 3 aromatic rings. The lowest BCUT2D eigenvalue weighted by molar-refractivity contribution is 0.102. The van der Waals surface area contributed by atoms with Gasteiger partial charge in [-0.1, -0.05) is 17.7 Å². The van der Waals surface area contributed by atoms with Crippen LogP contribution in [-0.4, -0.2) is 15.9 Å². The monoisotopic (exact) mass is 360 g/mol. The second-order valence-corrected chi connectivity index (χ2v) is 5.41. The van der Waals surface area contributed by atoms with Gasteiger partial charge in [-0.15, -0.1) is 0 Å². The Morgan fingerprint density at radius 1 is 0.960 bits per heavy atom. The summed E-state index contributed by atoms with van der Waals surface area (Å²) in [5.74, 6) is -2.12. The average molecular weight is 361 g/mol. The molecule has 0 bridgehead atoms. The Balaban J connectivity index is 1.71. The van der Waals surface area contributed by atoms with Gasteiger partial charge in [-0.25, -0.2) is 18.7 Å². The molecule has 126 valence electrons. The van der Waals surface area contributed by atoms with Crippen molar-refractivity contribution in [2.75, 3.05) is 10.6 Å². The zero-order valence-electron chi connectivity index (χ0n) is 12.6. The van der Waals surface area contributed by atoms with E-state index in [4.69, 9.17) is 11.6 Å². The molecule has 0 aliphatic rings. The van der Waals surface area contributed by atoms with Gasteiger partial charge in [-0.05, 0) is 36.4 Å². The molecule has 0 atom stereocenters. The number of benzene rings is 2. The lowest BCUT2D eigenvalue weighted by Gasteiger charge is -2.08. The lowest BCUT2D eigenvalue weighted by atomic mass is 10.2. The van der Waals surface area contributed by atoms with Crippen molar-refractivity contribution in [1.82, 2.24) is 9.97 Å². The maximum atomic E-state index is 13.6. The van der Waals surface area contributed by atoms with E-state index in [-0.39, 0.29) is 5.69 Å². The molecule has 8 heteroatoms. The molecule has 0 saturated heterocycles. The standard InChI is InChI=1S/C17H11ClF2N4O/c18-10-4-6-11(7-5-10)23-15-9-21-14(8-22-15)17(25)24-16-12(19)2-1-3-13(16)20/h1-9H,(H,22,23)(H,24,25). The number of nitrogens with one attached hydrogen (secondary N) is 2. The van der Waals surface area contributed by atoms with Crippen LogP contribution in [-0.2, 0) is 0 Å². The number of hydrogen-bond donors (Lipinski definition) is 2. The van der Waals surface area contributed by atoms with E-state index >= 15 is 0 Å². The molecular formula is C17H11ClF2N4O. The molecule has 3 rings (SSSR count). The van der Waals surface area contributed by atoms with Crippen LogP contribution in [0.25, 0.3) is 0 Å². The quantitative estimate of drug-likeness (QED) is 0.723. The molecule has 0 unspecified atom stereocenters. The van der Waals surface area contributed by atoms with Crippen LogP contribution in [0.2, 0.25) is 5.02 Å². The zero-order valence-corrected chi connectivity index (χ0v) is 13.4. The van der Waals surface area contributed by atoms with Crippen LogP contribution in [0, 0.1) is 11.6 Å². The highest BCUT2D eigenvalue weighted by Gasteiger charge is 2.14. The summed E-state index contributed by atoms with van der Waals surface area (Å²) in [5.41, 5.74) is 0.131. The first-order valence-electron chi connectivity index (χ1n) is 7.13. The predicted molar refractivity (Wildman–Crippen MR) is 91.1 cm³/mol. The molecule has 1 heterocycles. The van der Waals surface area contributed by atoms with E-state index in [9.17, 15) is 13.6 Å². The van der Waals surface area contributed by atoms with Gasteiger partial charge in [-0.3, -0.25) is 4.79 Å². The molecule has 2 N–H and O–H groups in total. The van der Waals surface area contributed by atoms with Crippen LogP contribution in [0.4, 0.5) is 26.0 Å². The van der Waals surface area contributed by atoms with Gasteiger partial charge in [0.15, 0.2) is 0 Å². The lowest BCUT2D eigenvalue weighted by Crippen LogP contribution is -2.16. The molecule has 0 saturated carbocycles. The Morgan fingerprint density at radius 2 is 1.64 bits per heavy atom. The summed E-state index contributed by atoms with van der Waals surface area (Å²) in [5, 5.41) is 5.73. The number of para-hydroxylation sites is 1. The second-order valence-electron chi connectivity index (χ2n) is 4.97. The largest absolute Gasteiger partial charge is 0.339 e. The Hall–Kier alpha value is -3.06. The molecule has 0 spiro atoms. The van der Waals surface area contributed by atoms with Gasteiger partial charge in [0.05, 0.1) is 12.4 Å². The maximum Gasteiger partial charge on any atom is 0.276 e. The topological polar surface area (TPSA) is 66.9 Å². The van der Waals surface area contributed by atoms with Crippen LogP contribution >= 0.6 is 11.6 Å². The van der Waals surface area contributed by atoms with E-state index in [0.29, 0.717) is 10.8 Å². The van der Waals surface area contributed by atoms with Crippen molar-refractivity contribution >= 4 is 34.7 Å².